The lowest BCUT2D eigenvalue weighted by molar-refractivity contribution is -0.125. The molecule has 1 heterocycles. The van der Waals surface area contributed by atoms with Crippen LogP contribution in [0.15, 0.2) is 53.4 Å². The molecular weight excluding hydrogens is 366 g/mol. The van der Waals surface area contributed by atoms with Gasteiger partial charge in [0, 0.05) is 25.6 Å². The predicted octanol–water partition coefficient (Wildman–Crippen LogP) is 0.971. The van der Waals surface area contributed by atoms with Gasteiger partial charge >= 0.3 is 0 Å². The summed E-state index contributed by atoms with van der Waals surface area (Å²) in [4.78, 5) is 26.2. The maximum Gasteiger partial charge on any atom is 0.243 e. The molecule has 0 bridgehead atoms. The normalized spacial score (nSPS) is 16.1. The van der Waals surface area contributed by atoms with E-state index in [1.165, 1.54) is 24.0 Å². The SMILES string of the molecule is CC(=O)N1c2ccccc2C[C@H]1C(=O)NCCc1ccc(S(N)(=O)=O)cc1. The highest BCUT2D eigenvalue weighted by Gasteiger charge is 2.36. The number of nitrogens with one attached hydrogen (secondary N) is 1. The fourth-order valence-corrected chi connectivity index (χ4v) is 3.79. The minimum Gasteiger partial charge on any atom is -0.354 e. The largest absolute Gasteiger partial charge is 0.354 e. The smallest absolute Gasteiger partial charge is 0.243 e. The Morgan fingerprint density at radius 1 is 1.15 bits per heavy atom. The molecule has 2 aromatic rings. The van der Waals surface area contributed by atoms with E-state index < -0.39 is 16.1 Å². The Balaban J connectivity index is 1.60. The van der Waals surface area contributed by atoms with E-state index in [1.807, 2.05) is 24.3 Å². The van der Waals surface area contributed by atoms with Crippen LogP contribution in [-0.2, 0) is 32.5 Å². The third-order valence-electron chi connectivity index (χ3n) is 4.58. The number of amides is 2. The first-order valence-corrected chi connectivity index (χ1v) is 10.1. The summed E-state index contributed by atoms with van der Waals surface area (Å²) in [5, 5.41) is 7.94. The van der Waals surface area contributed by atoms with Crippen LogP contribution in [0, 0.1) is 0 Å². The van der Waals surface area contributed by atoms with Crippen molar-refractivity contribution in [1.82, 2.24) is 5.32 Å². The molecule has 2 aromatic carbocycles. The number of benzene rings is 2. The summed E-state index contributed by atoms with van der Waals surface area (Å²) >= 11 is 0. The molecule has 0 aliphatic carbocycles. The maximum atomic E-state index is 12.6. The minimum absolute atomic E-state index is 0.0519. The van der Waals surface area contributed by atoms with Gasteiger partial charge in [-0.3, -0.25) is 14.5 Å². The van der Waals surface area contributed by atoms with Crippen LogP contribution in [0.5, 0.6) is 0 Å². The Morgan fingerprint density at radius 2 is 1.81 bits per heavy atom. The molecule has 0 aromatic heterocycles. The van der Waals surface area contributed by atoms with Crippen LogP contribution >= 0.6 is 0 Å². The van der Waals surface area contributed by atoms with E-state index in [1.54, 1.807) is 12.1 Å². The molecule has 0 spiro atoms. The van der Waals surface area contributed by atoms with Gasteiger partial charge in [-0.05, 0) is 35.7 Å². The zero-order chi connectivity index (χ0) is 19.6. The molecule has 1 atom stereocenters. The molecule has 0 saturated heterocycles. The van der Waals surface area contributed by atoms with Crippen LogP contribution < -0.4 is 15.4 Å². The Labute approximate surface area is 158 Å². The van der Waals surface area contributed by atoms with Crippen molar-refractivity contribution in [3.63, 3.8) is 0 Å². The van der Waals surface area contributed by atoms with Crippen LogP contribution in [-0.4, -0.2) is 32.8 Å². The first-order chi connectivity index (χ1) is 12.8. The number of rotatable bonds is 5. The van der Waals surface area contributed by atoms with Gasteiger partial charge in [-0.1, -0.05) is 30.3 Å². The van der Waals surface area contributed by atoms with Crippen LogP contribution in [0.2, 0.25) is 0 Å². The molecule has 3 N–H and O–H groups in total. The summed E-state index contributed by atoms with van der Waals surface area (Å²) in [5.74, 6) is -0.374. The molecule has 0 unspecified atom stereocenters. The Hall–Kier alpha value is -2.71. The summed E-state index contributed by atoms with van der Waals surface area (Å²) in [7, 11) is -3.71. The molecule has 3 rings (SSSR count). The van der Waals surface area contributed by atoms with Crippen LogP contribution in [0.3, 0.4) is 0 Å². The molecule has 142 valence electrons. The molecule has 8 heteroatoms. The Morgan fingerprint density at radius 3 is 2.44 bits per heavy atom. The van der Waals surface area contributed by atoms with E-state index >= 15 is 0 Å². The van der Waals surface area contributed by atoms with Crippen molar-refractivity contribution < 1.29 is 18.0 Å². The zero-order valence-corrected chi connectivity index (χ0v) is 15.7. The fraction of sp³-hybridized carbons (Fsp3) is 0.263. The summed E-state index contributed by atoms with van der Waals surface area (Å²) in [5.41, 5.74) is 2.64. The van der Waals surface area contributed by atoms with Crippen molar-refractivity contribution in [2.45, 2.75) is 30.7 Å². The second kappa shape index (κ2) is 7.50. The number of anilines is 1. The highest BCUT2D eigenvalue weighted by Crippen LogP contribution is 2.32. The van der Waals surface area contributed by atoms with Gasteiger partial charge in [-0.15, -0.1) is 0 Å². The van der Waals surface area contributed by atoms with E-state index in [0.717, 1.165) is 16.8 Å². The molecular formula is C19H21N3O4S. The number of sulfonamides is 1. The minimum atomic E-state index is -3.71. The quantitative estimate of drug-likeness (QED) is 0.796. The van der Waals surface area contributed by atoms with Gasteiger partial charge < -0.3 is 5.32 Å². The molecule has 0 saturated carbocycles. The number of nitrogens with two attached hydrogens (primary N) is 1. The van der Waals surface area contributed by atoms with Crippen molar-refractivity contribution in [1.29, 1.82) is 0 Å². The summed E-state index contributed by atoms with van der Waals surface area (Å²) < 4.78 is 22.5. The molecule has 1 aliphatic rings. The van der Waals surface area contributed by atoms with E-state index in [-0.39, 0.29) is 16.7 Å². The highest BCUT2D eigenvalue weighted by atomic mass is 32.2. The molecule has 0 radical (unpaired) electrons. The predicted molar refractivity (Wildman–Crippen MR) is 102 cm³/mol. The average molecular weight is 387 g/mol. The first-order valence-electron chi connectivity index (χ1n) is 8.54. The van der Waals surface area contributed by atoms with E-state index in [9.17, 15) is 18.0 Å². The van der Waals surface area contributed by atoms with Gasteiger partial charge in [-0.2, -0.15) is 0 Å². The van der Waals surface area contributed by atoms with Gasteiger partial charge in [-0.25, -0.2) is 13.6 Å². The van der Waals surface area contributed by atoms with E-state index in [2.05, 4.69) is 5.32 Å². The van der Waals surface area contributed by atoms with Crippen molar-refractivity contribution >= 4 is 27.5 Å². The van der Waals surface area contributed by atoms with Gasteiger partial charge in [0.2, 0.25) is 21.8 Å². The van der Waals surface area contributed by atoms with Gasteiger partial charge in [0.25, 0.3) is 0 Å². The topological polar surface area (TPSA) is 110 Å². The third-order valence-corrected chi connectivity index (χ3v) is 5.51. The van der Waals surface area contributed by atoms with Crippen molar-refractivity contribution in [2.24, 2.45) is 5.14 Å². The lowest BCUT2D eigenvalue weighted by atomic mass is 10.1. The average Bonchev–Trinajstić information content (AvgIpc) is 3.01. The third kappa shape index (κ3) is 4.17. The molecule has 2 amide bonds. The van der Waals surface area contributed by atoms with Crippen molar-refractivity contribution in [3.05, 3.63) is 59.7 Å². The number of carbonyl (C=O) groups is 2. The molecule has 1 aliphatic heterocycles. The van der Waals surface area contributed by atoms with Gasteiger partial charge in [0.1, 0.15) is 6.04 Å². The summed E-state index contributed by atoms with van der Waals surface area (Å²) in [6.07, 6.45) is 1.03. The number of fused-ring (bicyclic) bond motifs is 1. The van der Waals surface area contributed by atoms with Crippen molar-refractivity contribution in [2.75, 3.05) is 11.4 Å². The number of primary sulfonamides is 1. The zero-order valence-electron chi connectivity index (χ0n) is 14.9. The summed E-state index contributed by atoms with van der Waals surface area (Å²) in [6.45, 7) is 1.83. The summed E-state index contributed by atoms with van der Waals surface area (Å²) in [6, 6.07) is 13.2. The lowest BCUT2D eigenvalue weighted by Crippen LogP contribution is -2.47. The second-order valence-corrected chi connectivity index (χ2v) is 8.03. The fourth-order valence-electron chi connectivity index (χ4n) is 3.28. The Kier molecular flexibility index (Phi) is 5.29. The van der Waals surface area contributed by atoms with Crippen LogP contribution in [0.1, 0.15) is 18.1 Å². The molecule has 0 fully saturated rings. The van der Waals surface area contributed by atoms with Crippen LogP contribution in [0.25, 0.3) is 0 Å². The first kappa shape index (κ1) is 19.1. The van der Waals surface area contributed by atoms with E-state index in [0.29, 0.717) is 19.4 Å². The highest BCUT2D eigenvalue weighted by molar-refractivity contribution is 7.89. The molecule has 27 heavy (non-hydrogen) atoms. The standard InChI is InChI=1S/C19H21N3O4S/c1-13(23)22-17-5-3-2-4-15(17)12-18(22)19(24)21-11-10-14-6-8-16(9-7-14)27(20,25)26/h2-9,18H,10-12H2,1H3,(H,21,24)(H2,20,25,26)/t18-/m0/s1. The number of hydrogen-bond acceptors (Lipinski definition) is 4. The molecule has 7 nitrogen and oxygen atoms in total. The second-order valence-electron chi connectivity index (χ2n) is 6.47. The van der Waals surface area contributed by atoms with Gasteiger partial charge in [0.15, 0.2) is 0 Å². The maximum absolute atomic E-state index is 12.6. The number of para-hydroxylation sites is 1. The Bertz CT molecular complexity index is 971. The number of nitrogens with zero attached hydrogens (tertiary/aromatic N) is 1. The van der Waals surface area contributed by atoms with Crippen LogP contribution in [0.4, 0.5) is 5.69 Å². The lowest BCUT2D eigenvalue weighted by Gasteiger charge is -2.23. The van der Waals surface area contributed by atoms with E-state index in [4.69, 9.17) is 5.14 Å². The van der Waals surface area contributed by atoms with Crippen molar-refractivity contribution in [3.8, 4) is 0 Å². The van der Waals surface area contributed by atoms with Gasteiger partial charge in [0.05, 0.1) is 4.90 Å². The monoisotopic (exact) mass is 387 g/mol. The number of carbonyl (C=O) groups excluding carboxylic acids is 2. The number of hydrogen-bond donors (Lipinski definition) is 2.